The van der Waals surface area contributed by atoms with Crippen LogP contribution in [0.3, 0.4) is 0 Å². The standard InChI is InChI=1S/C24H22F2N6O/c1-27-22-20-11-29-21(31-23(33)16-3-4-16)8-19(20)17(10-30-22)5-7-18-6-2-15(9-28-18)12-32-13-24(25,26)14-32/h2,6,8-11,16H,3-4,12-14H2,1H3,(H,27,30)(H,29,31,33). The highest BCUT2D eigenvalue weighted by Gasteiger charge is 2.43. The smallest absolute Gasteiger partial charge is 0.272 e. The molecular formula is C24H22F2N6O. The number of nitrogens with one attached hydrogen (secondary N) is 2. The first-order chi connectivity index (χ1) is 15.9. The second-order valence-corrected chi connectivity index (χ2v) is 8.45. The molecule has 3 aromatic rings. The van der Waals surface area contributed by atoms with E-state index in [2.05, 4.69) is 37.4 Å². The zero-order valence-corrected chi connectivity index (χ0v) is 18.0. The molecule has 0 atom stereocenters. The average molecular weight is 448 g/mol. The van der Waals surface area contributed by atoms with Crippen molar-refractivity contribution in [1.29, 1.82) is 0 Å². The topological polar surface area (TPSA) is 83.0 Å². The summed E-state index contributed by atoms with van der Waals surface area (Å²) in [4.78, 5) is 26.9. The zero-order valence-electron chi connectivity index (χ0n) is 18.0. The number of aromatic nitrogens is 3. The molecule has 3 aromatic heterocycles. The summed E-state index contributed by atoms with van der Waals surface area (Å²) in [5.41, 5.74) is 2.11. The lowest BCUT2D eigenvalue weighted by Gasteiger charge is -2.38. The molecule has 7 nitrogen and oxygen atoms in total. The Kier molecular flexibility index (Phi) is 5.38. The van der Waals surface area contributed by atoms with Crippen molar-refractivity contribution in [2.24, 2.45) is 5.92 Å². The van der Waals surface area contributed by atoms with Crippen molar-refractivity contribution >= 4 is 28.3 Å². The summed E-state index contributed by atoms with van der Waals surface area (Å²) < 4.78 is 26.0. The molecule has 0 radical (unpaired) electrons. The minimum absolute atomic E-state index is 0.0105. The third-order valence-corrected chi connectivity index (χ3v) is 5.67. The Bertz CT molecular complexity index is 1270. The number of hydrogen-bond acceptors (Lipinski definition) is 6. The molecule has 168 valence electrons. The Hall–Kier alpha value is -3.64. The van der Waals surface area contributed by atoms with Crippen molar-refractivity contribution in [3.8, 4) is 11.8 Å². The molecule has 1 aliphatic heterocycles. The van der Waals surface area contributed by atoms with E-state index in [0.29, 0.717) is 29.4 Å². The number of amides is 1. The summed E-state index contributed by atoms with van der Waals surface area (Å²) in [6, 6.07) is 5.44. The van der Waals surface area contributed by atoms with Crippen molar-refractivity contribution in [2.75, 3.05) is 30.8 Å². The van der Waals surface area contributed by atoms with Gasteiger partial charge >= 0.3 is 0 Å². The predicted octanol–water partition coefficient (Wildman–Crippen LogP) is 3.27. The van der Waals surface area contributed by atoms with Gasteiger partial charge in [-0.1, -0.05) is 12.0 Å². The molecule has 2 fully saturated rings. The van der Waals surface area contributed by atoms with E-state index in [9.17, 15) is 13.6 Å². The monoisotopic (exact) mass is 448 g/mol. The summed E-state index contributed by atoms with van der Waals surface area (Å²) in [5.74, 6) is 4.80. The Morgan fingerprint density at radius 2 is 1.94 bits per heavy atom. The molecule has 4 heterocycles. The van der Waals surface area contributed by atoms with E-state index in [1.165, 1.54) is 0 Å². The van der Waals surface area contributed by atoms with Gasteiger partial charge in [-0.2, -0.15) is 0 Å². The third kappa shape index (κ3) is 4.76. The molecule has 2 N–H and O–H groups in total. The van der Waals surface area contributed by atoms with Crippen LogP contribution in [0.15, 0.2) is 36.8 Å². The van der Waals surface area contributed by atoms with Crippen LogP contribution in [-0.4, -0.2) is 51.8 Å². The summed E-state index contributed by atoms with van der Waals surface area (Å²) in [7, 11) is 1.78. The molecular weight excluding hydrogens is 426 g/mol. The van der Waals surface area contributed by atoms with Crippen molar-refractivity contribution in [3.05, 3.63) is 53.6 Å². The van der Waals surface area contributed by atoms with Gasteiger partial charge in [0.15, 0.2) is 0 Å². The predicted molar refractivity (Wildman–Crippen MR) is 121 cm³/mol. The van der Waals surface area contributed by atoms with E-state index in [1.807, 2.05) is 12.1 Å². The van der Waals surface area contributed by atoms with Gasteiger partial charge < -0.3 is 10.6 Å². The lowest BCUT2D eigenvalue weighted by molar-refractivity contribution is -0.133. The van der Waals surface area contributed by atoms with Crippen LogP contribution in [0.5, 0.6) is 0 Å². The van der Waals surface area contributed by atoms with E-state index >= 15 is 0 Å². The Morgan fingerprint density at radius 3 is 2.61 bits per heavy atom. The number of nitrogens with zero attached hydrogens (tertiary/aromatic N) is 4. The number of fused-ring (bicyclic) bond motifs is 1. The van der Waals surface area contributed by atoms with E-state index in [1.54, 1.807) is 36.6 Å². The summed E-state index contributed by atoms with van der Waals surface area (Å²) >= 11 is 0. The highest BCUT2D eigenvalue weighted by molar-refractivity contribution is 5.99. The lowest BCUT2D eigenvalue weighted by Crippen LogP contribution is -2.55. The molecule has 0 spiro atoms. The maximum atomic E-state index is 13.0. The number of carbonyl (C=O) groups excluding carboxylic acids is 1. The van der Waals surface area contributed by atoms with Gasteiger partial charge in [-0.15, -0.1) is 0 Å². The molecule has 2 aliphatic rings. The molecule has 0 unspecified atom stereocenters. The van der Waals surface area contributed by atoms with Crippen molar-refractivity contribution in [2.45, 2.75) is 25.3 Å². The Balaban J connectivity index is 1.37. The molecule has 33 heavy (non-hydrogen) atoms. The van der Waals surface area contributed by atoms with E-state index in [0.717, 1.165) is 29.2 Å². The minimum Gasteiger partial charge on any atom is -0.373 e. The van der Waals surface area contributed by atoms with Gasteiger partial charge in [0.25, 0.3) is 5.92 Å². The van der Waals surface area contributed by atoms with Gasteiger partial charge in [0.2, 0.25) is 5.91 Å². The van der Waals surface area contributed by atoms with Gasteiger partial charge in [-0.3, -0.25) is 9.69 Å². The Labute approximate surface area is 189 Å². The third-order valence-electron chi connectivity index (χ3n) is 5.67. The van der Waals surface area contributed by atoms with Gasteiger partial charge in [-0.05, 0) is 36.5 Å². The summed E-state index contributed by atoms with van der Waals surface area (Å²) in [6.45, 7) is 0.0170. The quantitative estimate of drug-likeness (QED) is 0.583. The number of likely N-dealkylation sites (tertiary alicyclic amines) is 1. The normalized spacial score (nSPS) is 17.1. The highest BCUT2D eigenvalue weighted by Crippen LogP contribution is 2.31. The van der Waals surface area contributed by atoms with Crippen LogP contribution in [0.1, 0.15) is 29.7 Å². The van der Waals surface area contributed by atoms with Gasteiger partial charge in [0.05, 0.1) is 18.7 Å². The van der Waals surface area contributed by atoms with Crippen LogP contribution < -0.4 is 10.6 Å². The SMILES string of the molecule is CNc1ncc(C#Cc2ccc(CN3CC(F)(F)C3)cn2)c2cc(NC(=O)C3CC3)ncc12. The molecule has 9 heteroatoms. The van der Waals surface area contributed by atoms with Gasteiger partial charge in [0, 0.05) is 48.9 Å². The maximum Gasteiger partial charge on any atom is 0.272 e. The molecule has 1 amide bonds. The second-order valence-electron chi connectivity index (χ2n) is 8.45. The van der Waals surface area contributed by atoms with Crippen molar-refractivity contribution in [3.63, 3.8) is 0 Å². The van der Waals surface area contributed by atoms with Crippen LogP contribution in [0.4, 0.5) is 20.4 Å². The minimum atomic E-state index is -2.57. The average Bonchev–Trinajstić information content (AvgIpc) is 3.63. The molecule has 1 saturated carbocycles. The number of anilines is 2. The molecule has 0 bridgehead atoms. The number of halogens is 2. The number of pyridine rings is 3. The summed E-state index contributed by atoms with van der Waals surface area (Å²) in [6.07, 6.45) is 6.84. The number of carbonyl (C=O) groups is 1. The number of rotatable bonds is 5. The number of alkyl halides is 2. The first-order valence-electron chi connectivity index (χ1n) is 10.7. The van der Waals surface area contributed by atoms with Gasteiger partial charge in [-0.25, -0.2) is 23.7 Å². The van der Waals surface area contributed by atoms with Crippen LogP contribution >= 0.6 is 0 Å². The fraction of sp³-hybridized carbons (Fsp3) is 0.333. The van der Waals surface area contributed by atoms with Crippen LogP contribution in [0.2, 0.25) is 0 Å². The second kappa shape index (κ2) is 8.37. The fourth-order valence-electron chi connectivity index (χ4n) is 3.78. The first kappa shape index (κ1) is 21.2. The van der Waals surface area contributed by atoms with Crippen LogP contribution in [0.25, 0.3) is 10.8 Å². The summed E-state index contributed by atoms with van der Waals surface area (Å²) in [5, 5.41) is 7.53. The Morgan fingerprint density at radius 1 is 1.12 bits per heavy atom. The molecule has 0 aromatic carbocycles. The van der Waals surface area contributed by atoms with Crippen LogP contribution in [0, 0.1) is 17.8 Å². The molecule has 5 rings (SSSR count). The van der Waals surface area contributed by atoms with Gasteiger partial charge in [0.1, 0.15) is 17.3 Å². The van der Waals surface area contributed by atoms with Crippen molar-refractivity contribution in [1.82, 2.24) is 19.9 Å². The van der Waals surface area contributed by atoms with Crippen molar-refractivity contribution < 1.29 is 13.6 Å². The van der Waals surface area contributed by atoms with E-state index < -0.39 is 5.92 Å². The first-order valence-corrected chi connectivity index (χ1v) is 10.7. The zero-order chi connectivity index (χ0) is 23.0. The van der Waals surface area contributed by atoms with E-state index in [-0.39, 0.29) is 24.9 Å². The molecule has 1 aliphatic carbocycles. The van der Waals surface area contributed by atoms with Crippen LogP contribution in [-0.2, 0) is 11.3 Å². The highest BCUT2D eigenvalue weighted by atomic mass is 19.3. The fourth-order valence-corrected chi connectivity index (χ4v) is 3.78. The maximum absolute atomic E-state index is 13.0. The van der Waals surface area contributed by atoms with E-state index in [4.69, 9.17) is 0 Å². The number of hydrogen-bond donors (Lipinski definition) is 2. The lowest BCUT2D eigenvalue weighted by atomic mass is 10.1. The largest absolute Gasteiger partial charge is 0.373 e. The molecule has 1 saturated heterocycles.